The fourth-order valence-electron chi connectivity index (χ4n) is 3.01. The van der Waals surface area contributed by atoms with Crippen molar-refractivity contribution in [1.82, 2.24) is 10.2 Å². The fraction of sp³-hybridized carbons (Fsp3) is 0.409. The van der Waals surface area contributed by atoms with Crippen LogP contribution in [0.5, 0.6) is 5.75 Å². The lowest BCUT2D eigenvalue weighted by molar-refractivity contribution is 0.288. The number of ether oxygens (including phenoxy) is 1. The third-order valence-electron chi connectivity index (χ3n) is 4.61. The number of nitrogens with one attached hydrogen (secondary N) is 2. The van der Waals surface area contributed by atoms with Gasteiger partial charge in [-0.3, -0.25) is 0 Å². The van der Waals surface area contributed by atoms with Gasteiger partial charge in [0.25, 0.3) is 0 Å². The van der Waals surface area contributed by atoms with Gasteiger partial charge in [0.05, 0.1) is 13.2 Å². The smallest absolute Gasteiger partial charge is 0.170 e. The zero-order chi connectivity index (χ0) is 19.6. The molecule has 2 N–H and O–H groups in total. The maximum Gasteiger partial charge on any atom is 0.170 e. The molecule has 0 aliphatic rings. The van der Waals surface area contributed by atoms with E-state index in [1.807, 2.05) is 18.2 Å². The first-order valence-corrected chi connectivity index (χ1v) is 9.89. The lowest BCUT2D eigenvalue weighted by atomic mass is 10.0. The zero-order valence-corrected chi connectivity index (χ0v) is 17.6. The molecular weight excluding hydrogens is 354 g/mol. The van der Waals surface area contributed by atoms with Crippen LogP contribution in [0.2, 0.25) is 0 Å². The van der Waals surface area contributed by atoms with Crippen LogP contribution < -0.4 is 15.4 Å². The highest BCUT2D eigenvalue weighted by Gasteiger charge is 2.18. The Morgan fingerprint density at radius 3 is 2.44 bits per heavy atom. The van der Waals surface area contributed by atoms with Gasteiger partial charge in [-0.15, -0.1) is 0 Å². The first kappa shape index (κ1) is 21.2. The number of hydrogen-bond donors (Lipinski definition) is 2. The third-order valence-corrected chi connectivity index (χ3v) is 4.85. The molecule has 2 aromatic carbocycles. The molecule has 0 amide bonds. The maximum atomic E-state index is 5.52. The van der Waals surface area contributed by atoms with Gasteiger partial charge in [0.15, 0.2) is 5.11 Å². The van der Waals surface area contributed by atoms with Gasteiger partial charge in [0.1, 0.15) is 5.75 Å². The summed E-state index contributed by atoms with van der Waals surface area (Å²) in [5.41, 5.74) is 3.51. The average Bonchev–Trinajstić information content (AvgIpc) is 2.67. The number of para-hydroxylation sites is 1. The second-order valence-corrected chi connectivity index (χ2v) is 7.27. The molecule has 2 aromatic rings. The number of aryl methyl sites for hydroxylation is 1. The SMILES string of the molecule is CCCCc1ccc(NC(=S)NCC(c2ccccc2OC)N(C)C)cc1. The molecule has 0 fully saturated rings. The number of nitrogens with zero attached hydrogens (tertiary/aromatic N) is 1. The lowest BCUT2D eigenvalue weighted by Gasteiger charge is -2.27. The molecule has 0 aromatic heterocycles. The number of rotatable bonds is 9. The van der Waals surface area contributed by atoms with Crippen molar-refractivity contribution in [2.75, 3.05) is 33.1 Å². The van der Waals surface area contributed by atoms with Crippen molar-refractivity contribution < 1.29 is 4.74 Å². The minimum Gasteiger partial charge on any atom is -0.496 e. The normalized spacial score (nSPS) is 11.9. The van der Waals surface area contributed by atoms with E-state index in [9.17, 15) is 0 Å². The molecule has 5 heteroatoms. The van der Waals surface area contributed by atoms with Crippen LogP contribution >= 0.6 is 12.2 Å². The van der Waals surface area contributed by atoms with Crippen molar-refractivity contribution in [2.24, 2.45) is 0 Å². The summed E-state index contributed by atoms with van der Waals surface area (Å²) in [6.45, 7) is 2.90. The average molecular weight is 386 g/mol. The fourth-order valence-corrected chi connectivity index (χ4v) is 3.21. The van der Waals surface area contributed by atoms with Crippen LogP contribution in [0.25, 0.3) is 0 Å². The molecule has 0 aliphatic carbocycles. The minimum atomic E-state index is 0.150. The largest absolute Gasteiger partial charge is 0.496 e. The number of hydrogen-bond acceptors (Lipinski definition) is 3. The minimum absolute atomic E-state index is 0.150. The van der Waals surface area contributed by atoms with Crippen molar-refractivity contribution in [3.63, 3.8) is 0 Å². The molecule has 0 saturated heterocycles. The summed E-state index contributed by atoms with van der Waals surface area (Å²) >= 11 is 5.48. The third kappa shape index (κ3) is 6.52. The van der Waals surface area contributed by atoms with Crippen molar-refractivity contribution in [2.45, 2.75) is 32.2 Å². The Hall–Kier alpha value is -2.11. The lowest BCUT2D eigenvalue weighted by Crippen LogP contribution is -2.36. The molecular formula is C22H31N3OS. The first-order chi connectivity index (χ1) is 13.0. The summed E-state index contributed by atoms with van der Waals surface area (Å²) in [7, 11) is 5.82. The van der Waals surface area contributed by atoms with E-state index in [2.05, 4.69) is 66.9 Å². The Balaban J connectivity index is 1.94. The van der Waals surface area contributed by atoms with Crippen molar-refractivity contribution in [1.29, 1.82) is 0 Å². The summed E-state index contributed by atoms with van der Waals surface area (Å²) in [6, 6.07) is 16.8. The van der Waals surface area contributed by atoms with Crippen molar-refractivity contribution >= 4 is 23.0 Å². The van der Waals surface area contributed by atoms with Gasteiger partial charge in [-0.05, 0) is 62.9 Å². The zero-order valence-electron chi connectivity index (χ0n) is 16.8. The predicted octanol–water partition coefficient (Wildman–Crippen LogP) is 4.63. The molecule has 0 radical (unpaired) electrons. The monoisotopic (exact) mass is 385 g/mol. The molecule has 0 spiro atoms. The van der Waals surface area contributed by atoms with E-state index in [0.717, 1.165) is 23.4 Å². The number of thiocarbonyl (C=S) groups is 1. The first-order valence-electron chi connectivity index (χ1n) is 9.48. The second-order valence-electron chi connectivity index (χ2n) is 6.86. The van der Waals surface area contributed by atoms with Crippen LogP contribution in [0.4, 0.5) is 5.69 Å². The topological polar surface area (TPSA) is 36.5 Å². The highest BCUT2D eigenvalue weighted by Crippen LogP contribution is 2.27. The van der Waals surface area contributed by atoms with Gasteiger partial charge in [0, 0.05) is 17.8 Å². The van der Waals surface area contributed by atoms with Gasteiger partial charge < -0.3 is 20.3 Å². The summed E-state index contributed by atoms with van der Waals surface area (Å²) in [5.74, 6) is 0.888. The molecule has 0 heterocycles. The molecule has 1 unspecified atom stereocenters. The number of methoxy groups -OCH3 is 1. The quantitative estimate of drug-likeness (QED) is 0.616. The molecule has 0 aliphatic heterocycles. The van der Waals surface area contributed by atoms with Gasteiger partial charge in [-0.1, -0.05) is 43.7 Å². The number of anilines is 1. The van der Waals surface area contributed by atoms with Crippen LogP contribution in [-0.4, -0.2) is 37.8 Å². The highest BCUT2D eigenvalue weighted by molar-refractivity contribution is 7.80. The Bertz CT molecular complexity index is 716. The number of benzene rings is 2. The second kappa shape index (κ2) is 10.9. The Labute approximate surface area is 168 Å². The molecule has 4 nitrogen and oxygen atoms in total. The standard InChI is InChI=1S/C22H31N3OS/c1-5-6-9-17-12-14-18(15-13-17)24-22(27)23-16-20(25(2)3)19-10-7-8-11-21(19)26-4/h7-8,10-15,20H,5-6,9,16H2,1-4H3,(H2,23,24,27). The van der Waals surface area contributed by atoms with E-state index in [0.29, 0.717) is 11.7 Å². The Morgan fingerprint density at radius 1 is 1.11 bits per heavy atom. The molecule has 0 bridgehead atoms. The van der Waals surface area contributed by atoms with Crippen LogP contribution in [-0.2, 0) is 6.42 Å². The Morgan fingerprint density at radius 2 is 1.81 bits per heavy atom. The molecule has 2 rings (SSSR count). The van der Waals surface area contributed by atoms with E-state index in [4.69, 9.17) is 17.0 Å². The molecule has 1 atom stereocenters. The summed E-state index contributed by atoms with van der Waals surface area (Å²) in [5, 5.41) is 7.23. The van der Waals surface area contributed by atoms with E-state index in [1.54, 1.807) is 7.11 Å². The molecule has 146 valence electrons. The van der Waals surface area contributed by atoms with Crippen LogP contribution in [0.1, 0.15) is 36.9 Å². The van der Waals surface area contributed by atoms with Gasteiger partial charge in [-0.2, -0.15) is 0 Å². The van der Waals surface area contributed by atoms with Crippen molar-refractivity contribution in [3.05, 3.63) is 59.7 Å². The van der Waals surface area contributed by atoms with E-state index < -0.39 is 0 Å². The summed E-state index contributed by atoms with van der Waals surface area (Å²) < 4.78 is 5.52. The van der Waals surface area contributed by atoms with E-state index in [1.165, 1.54) is 18.4 Å². The van der Waals surface area contributed by atoms with E-state index in [-0.39, 0.29) is 6.04 Å². The van der Waals surface area contributed by atoms with Gasteiger partial charge in [-0.25, -0.2) is 0 Å². The van der Waals surface area contributed by atoms with E-state index >= 15 is 0 Å². The van der Waals surface area contributed by atoms with Crippen LogP contribution in [0.15, 0.2) is 48.5 Å². The summed E-state index contributed by atoms with van der Waals surface area (Å²) in [6.07, 6.45) is 3.57. The maximum absolute atomic E-state index is 5.52. The van der Waals surface area contributed by atoms with Crippen LogP contribution in [0, 0.1) is 0 Å². The van der Waals surface area contributed by atoms with Crippen molar-refractivity contribution in [3.8, 4) is 5.75 Å². The Kier molecular flexibility index (Phi) is 8.55. The summed E-state index contributed by atoms with van der Waals surface area (Å²) in [4.78, 5) is 2.16. The molecule has 0 saturated carbocycles. The predicted molar refractivity (Wildman–Crippen MR) is 119 cm³/mol. The molecule has 27 heavy (non-hydrogen) atoms. The van der Waals surface area contributed by atoms with Gasteiger partial charge >= 0.3 is 0 Å². The number of unbranched alkanes of at least 4 members (excludes halogenated alkanes) is 1. The van der Waals surface area contributed by atoms with Gasteiger partial charge in [0.2, 0.25) is 0 Å². The number of likely N-dealkylation sites (N-methyl/N-ethyl adjacent to an activating group) is 1. The van der Waals surface area contributed by atoms with Crippen LogP contribution in [0.3, 0.4) is 0 Å². The highest BCUT2D eigenvalue weighted by atomic mass is 32.1.